The molecular weight excluding hydrogens is 228 g/mol. The summed E-state index contributed by atoms with van der Waals surface area (Å²) in [7, 11) is 0. The molecule has 2 saturated heterocycles. The Hall–Kier alpha value is 0.270. The maximum Gasteiger partial charge on any atom is 0.0158 e. The number of hydrogen-bond donors (Lipinski definition) is 1. The van der Waals surface area contributed by atoms with Gasteiger partial charge in [-0.3, -0.25) is 0 Å². The third-order valence-electron chi connectivity index (χ3n) is 4.64. The molecule has 2 heterocycles. The lowest BCUT2D eigenvalue weighted by atomic mass is 10.1. The average molecular weight is 254 g/mol. The van der Waals surface area contributed by atoms with E-state index in [2.05, 4.69) is 22.0 Å². The van der Waals surface area contributed by atoms with Crippen molar-refractivity contribution in [3.8, 4) is 0 Å². The molecule has 3 heteroatoms. The van der Waals surface area contributed by atoms with Crippen molar-refractivity contribution in [3.05, 3.63) is 0 Å². The van der Waals surface area contributed by atoms with Crippen molar-refractivity contribution in [3.63, 3.8) is 0 Å². The van der Waals surface area contributed by atoms with Crippen molar-refractivity contribution in [2.24, 2.45) is 5.41 Å². The summed E-state index contributed by atoms with van der Waals surface area (Å²) in [6.07, 6.45) is 8.63. The van der Waals surface area contributed by atoms with Crippen molar-refractivity contribution < 1.29 is 0 Å². The van der Waals surface area contributed by atoms with Crippen molar-refractivity contribution in [1.82, 2.24) is 10.2 Å². The summed E-state index contributed by atoms with van der Waals surface area (Å²) in [5.74, 6) is 2.73. The lowest BCUT2D eigenvalue weighted by molar-refractivity contribution is 0.252. The van der Waals surface area contributed by atoms with Gasteiger partial charge in [0.15, 0.2) is 0 Å². The molecule has 2 aliphatic heterocycles. The smallest absolute Gasteiger partial charge is 0.0158 e. The van der Waals surface area contributed by atoms with E-state index in [-0.39, 0.29) is 0 Å². The van der Waals surface area contributed by atoms with Gasteiger partial charge in [-0.15, -0.1) is 0 Å². The van der Waals surface area contributed by atoms with E-state index in [1.807, 2.05) is 0 Å². The Morgan fingerprint density at radius 3 is 2.65 bits per heavy atom. The maximum atomic E-state index is 3.85. The first-order valence-electron chi connectivity index (χ1n) is 7.40. The van der Waals surface area contributed by atoms with E-state index in [1.54, 1.807) is 0 Å². The molecule has 2 nitrogen and oxygen atoms in total. The topological polar surface area (TPSA) is 15.3 Å². The lowest BCUT2D eigenvalue weighted by Crippen LogP contribution is -2.41. The molecular formula is C14H26N2S. The summed E-state index contributed by atoms with van der Waals surface area (Å²) in [5, 5.41) is 3.85. The summed E-state index contributed by atoms with van der Waals surface area (Å²) < 4.78 is 0. The molecule has 98 valence electrons. The minimum Gasteiger partial charge on any atom is -0.313 e. The van der Waals surface area contributed by atoms with E-state index in [0.717, 1.165) is 6.04 Å². The van der Waals surface area contributed by atoms with Gasteiger partial charge < -0.3 is 10.2 Å². The Labute approximate surface area is 110 Å². The summed E-state index contributed by atoms with van der Waals surface area (Å²) in [6.45, 7) is 5.39. The number of nitrogens with zero attached hydrogens (tertiary/aromatic N) is 1. The Morgan fingerprint density at radius 1 is 1.18 bits per heavy atom. The van der Waals surface area contributed by atoms with Crippen LogP contribution in [0, 0.1) is 5.41 Å². The van der Waals surface area contributed by atoms with Crippen LogP contribution in [0.3, 0.4) is 0 Å². The Bertz CT molecular complexity index is 241. The van der Waals surface area contributed by atoms with Crippen LogP contribution in [0.2, 0.25) is 0 Å². The van der Waals surface area contributed by atoms with Crippen LogP contribution in [-0.4, -0.2) is 48.6 Å². The normalized spacial score (nSPS) is 32.8. The molecule has 3 fully saturated rings. The Morgan fingerprint density at radius 2 is 2.00 bits per heavy atom. The van der Waals surface area contributed by atoms with Gasteiger partial charge >= 0.3 is 0 Å². The first kappa shape index (κ1) is 12.3. The molecule has 0 aromatic carbocycles. The van der Waals surface area contributed by atoms with Crippen LogP contribution < -0.4 is 5.32 Å². The summed E-state index contributed by atoms with van der Waals surface area (Å²) in [4.78, 5) is 2.70. The lowest BCUT2D eigenvalue weighted by Gasteiger charge is -2.28. The first-order chi connectivity index (χ1) is 8.36. The predicted octanol–water partition coefficient (Wildman–Crippen LogP) is 2.35. The zero-order chi connectivity index (χ0) is 11.6. The molecule has 0 bridgehead atoms. The second-order valence-electron chi connectivity index (χ2n) is 6.28. The van der Waals surface area contributed by atoms with Gasteiger partial charge in [0.05, 0.1) is 0 Å². The first-order valence-corrected chi connectivity index (χ1v) is 8.55. The molecule has 0 amide bonds. The minimum atomic E-state index is 0.673. The summed E-state index contributed by atoms with van der Waals surface area (Å²) in [5.41, 5.74) is 0.673. The van der Waals surface area contributed by atoms with Gasteiger partial charge in [-0.05, 0) is 62.8 Å². The van der Waals surface area contributed by atoms with Crippen molar-refractivity contribution in [2.75, 3.05) is 37.7 Å². The van der Waals surface area contributed by atoms with Crippen LogP contribution in [0.15, 0.2) is 0 Å². The van der Waals surface area contributed by atoms with Crippen LogP contribution in [0.25, 0.3) is 0 Å². The molecule has 0 radical (unpaired) electrons. The molecule has 0 aromatic rings. The van der Waals surface area contributed by atoms with E-state index in [1.165, 1.54) is 76.2 Å². The molecule has 1 unspecified atom stereocenters. The maximum absolute atomic E-state index is 3.85. The third kappa shape index (κ3) is 3.39. The van der Waals surface area contributed by atoms with Crippen LogP contribution in [-0.2, 0) is 0 Å². The highest BCUT2D eigenvalue weighted by Crippen LogP contribution is 2.46. The molecule has 1 saturated carbocycles. The standard InChI is InChI=1S/C14H26N2S/c1-2-8-16(7-1)12-14(5-6-14)11-15-13-4-3-9-17-10-13/h13,15H,1-12H2. The van der Waals surface area contributed by atoms with E-state index < -0.39 is 0 Å². The number of hydrogen-bond acceptors (Lipinski definition) is 3. The van der Waals surface area contributed by atoms with Gasteiger partial charge in [0.2, 0.25) is 0 Å². The Balaban J connectivity index is 1.40. The summed E-state index contributed by atoms with van der Waals surface area (Å²) >= 11 is 2.13. The number of likely N-dealkylation sites (tertiary alicyclic amines) is 1. The fourth-order valence-corrected chi connectivity index (χ4v) is 4.35. The van der Waals surface area contributed by atoms with Gasteiger partial charge in [-0.1, -0.05) is 0 Å². The molecule has 3 rings (SSSR count). The zero-order valence-electron chi connectivity index (χ0n) is 10.9. The molecule has 1 N–H and O–H groups in total. The largest absolute Gasteiger partial charge is 0.313 e. The van der Waals surface area contributed by atoms with Crippen molar-refractivity contribution in [2.45, 2.75) is 44.6 Å². The minimum absolute atomic E-state index is 0.673. The van der Waals surface area contributed by atoms with E-state index in [9.17, 15) is 0 Å². The highest BCUT2D eigenvalue weighted by molar-refractivity contribution is 7.99. The summed E-state index contributed by atoms with van der Waals surface area (Å²) in [6, 6.07) is 0.810. The number of thioether (sulfide) groups is 1. The van der Waals surface area contributed by atoms with Crippen LogP contribution in [0.5, 0.6) is 0 Å². The van der Waals surface area contributed by atoms with Crippen LogP contribution in [0.1, 0.15) is 38.5 Å². The third-order valence-corrected chi connectivity index (χ3v) is 5.86. The zero-order valence-corrected chi connectivity index (χ0v) is 11.7. The predicted molar refractivity (Wildman–Crippen MR) is 75.7 cm³/mol. The Kier molecular flexibility index (Phi) is 3.98. The fraction of sp³-hybridized carbons (Fsp3) is 1.00. The molecule has 1 atom stereocenters. The van der Waals surface area contributed by atoms with Gasteiger partial charge in [0.25, 0.3) is 0 Å². The van der Waals surface area contributed by atoms with E-state index >= 15 is 0 Å². The second-order valence-corrected chi connectivity index (χ2v) is 7.43. The fourth-order valence-electron chi connectivity index (χ4n) is 3.25. The van der Waals surface area contributed by atoms with E-state index in [4.69, 9.17) is 0 Å². The van der Waals surface area contributed by atoms with Gasteiger partial charge in [-0.2, -0.15) is 11.8 Å². The van der Waals surface area contributed by atoms with Crippen LogP contribution in [0.4, 0.5) is 0 Å². The van der Waals surface area contributed by atoms with Gasteiger partial charge in [0, 0.05) is 24.9 Å². The number of nitrogens with one attached hydrogen (secondary N) is 1. The highest BCUT2D eigenvalue weighted by Gasteiger charge is 2.44. The quantitative estimate of drug-likeness (QED) is 0.811. The highest BCUT2D eigenvalue weighted by atomic mass is 32.2. The molecule has 0 aromatic heterocycles. The van der Waals surface area contributed by atoms with E-state index in [0.29, 0.717) is 5.41 Å². The SMILES string of the molecule is C1CSCC(NCC2(CN3CCCC3)CC2)C1. The van der Waals surface area contributed by atoms with Gasteiger partial charge in [-0.25, -0.2) is 0 Å². The molecule has 3 aliphatic rings. The molecule has 0 spiro atoms. The van der Waals surface area contributed by atoms with Crippen LogP contribution >= 0.6 is 11.8 Å². The molecule has 1 aliphatic carbocycles. The van der Waals surface area contributed by atoms with Crippen molar-refractivity contribution >= 4 is 11.8 Å². The monoisotopic (exact) mass is 254 g/mol. The van der Waals surface area contributed by atoms with Crippen molar-refractivity contribution in [1.29, 1.82) is 0 Å². The van der Waals surface area contributed by atoms with Gasteiger partial charge in [0.1, 0.15) is 0 Å². The second kappa shape index (κ2) is 5.50. The molecule has 17 heavy (non-hydrogen) atoms. The number of rotatable bonds is 5. The average Bonchev–Trinajstić information content (AvgIpc) is 2.93.